The third-order valence-corrected chi connectivity index (χ3v) is 4.35. The van der Waals surface area contributed by atoms with E-state index in [2.05, 4.69) is 5.10 Å². The third-order valence-electron chi connectivity index (χ3n) is 3.81. The van der Waals surface area contributed by atoms with E-state index in [0.29, 0.717) is 28.0 Å². The number of likely N-dealkylation sites (tertiary alicyclic amines) is 1. The first kappa shape index (κ1) is 15.3. The highest BCUT2D eigenvalue weighted by Crippen LogP contribution is 2.24. The molecule has 0 unspecified atom stereocenters. The third kappa shape index (κ3) is 2.84. The molecule has 0 bridgehead atoms. The first-order valence-electron chi connectivity index (χ1n) is 7.03. The molecule has 7 heteroatoms. The van der Waals surface area contributed by atoms with E-state index in [1.165, 1.54) is 0 Å². The molecule has 1 atom stereocenters. The van der Waals surface area contributed by atoms with Crippen LogP contribution >= 0.6 is 23.2 Å². The van der Waals surface area contributed by atoms with Crippen LogP contribution < -0.4 is 0 Å². The first-order valence-corrected chi connectivity index (χ1v) is 7.78. The monoisotopic (exact) mass is 339 g/mol. The van der Waals surface area contributed by atoms with Crippen molar-refractivity contribution in [3.63, 3.8) is 0 Å². The molecule has 1 fully saturated rings. The van der Waals surface area contributed by atoms with Crippen molar-refractivity contribution in [2.75, 3.05) is 13.2 Å². The Morgan fingerprint density at radius 1 is 1.36 bits per heavy atom. The molecule has 22 heavy (non-hydrogen) atoms. The van der Waals surface area contributed by atoms with Gasteiger partial charge in [-0.3, -0.25) is 4.79 Å². The summed E-state index contributed by atoms with van der Waals surface area (Å²) in [5, 5.41) is 14.6. The van der Waals surface area contributed by atoms with Gasteiger partial charge in [0.1, 0.15) is 0 Å². The van der Waals surface area contributed by atoms with Crippen LogP contribution in [0.25, 0.3) is 5.69 Å². The number of benzene rings is 1. The minimum Gasteiger partial charge on any atom is -0.394 e. The number of hydrogen-bond acceptors (Lipinski definition) is 3. The molecule has 1 amide bonds. The maximum atomic E-state index is 12.5. The van der Waals surface area contributed by atoms with Crippen LogP contribution in [0, 0.1) is 0 Å². The molecule has 0 aliphatic carbocycles. The molecule has 1 N–H and O–H groups in total. The standard InChI is InChI=1S/C15H15Cl2N3O2/c16-10-3-4-14(12(17)8-10)20-7-5-13(18-20)15(22)19-6-1-2-11(19)9-21/h3-5,7-8,11,21H,1-2,6,9H2/t11-/m1/s1. The van der Waals surface area contributed by atoms with Crippen molar-refractivity contribution in [1.82, 2.24) is 14.7 Å². The van der Waals surface area contributed by atoms with Gasteiger partial charge in [0.25, 0.3) is 5.91 Å². The summed E-state index contributed by atoms with van der Waals surface area (Å²) in [5.74, 6) is -0.166. The number of aromatic nitrogens is 2. The number of rotatable bonds is 3. The average Bonchev–Trinajstić information content (AvgIpc) is 3.15. The Morgan fingerprint density at radius 2 is 2.18 bits per heavy atom. The number of aliphatic hydroxyl groups excluding tert-OH is 1. The summed E-state index contributed by atoms with van der Waals surface area (Å²) in [6, 6.07) is 6.63. The molecular formula is C15H15Cl2N3O2. The van der Waals surface area contributed by atoms with Crippen LogP contribution in [0.1, 0.15) is 23.3 Å². The number of aliphatic hydroxyl groups is 1. The Hall–Kier alpha value is -1.56. The number of nitrogens with zero attached hydrogens (tertiary/aromatic N) is 3. The molecule has 1 aliphatic heterocycles. The van der Waals surface area contributed by atoms with E-state index in [9.17, 15) is 9.90 Å². The molecule has 1 aromatic carbocycles. The van der Waals surface area contributed by atoms with Crippen LogP contribution in [0.5, 0.6) is 0 Å². The van der Waals surface area contributed by atoms with Gasteiger partial charge in [-0.15, -0.1) is 0 Å². The summed E-state index contributed by atoms with van der Waals surface area (Å²) in [6.45, 7) is 0.633. The smallest absolute Gasteiger partial charge is 0.274 e. The zero-order valence-corrected chi connectivity index (χ0v) is 13.3. The fourth-order valence-electron chi connectivity index (χ4n) is 2.68. The van der Waals surface area contributed by atoms with Gasteiger partial charge in [0.15, 0.2) is 5.69 Å². The van der Waals surface area contributed by atoms with Crippen LogP contribution in [0.4, 0.5) is 0 Å². The Bertz CT molecular complexity index is 702. The zero-order valence-electron chi connectivity index (χ0n) is 11.7. The van der Waals surface area contributed by atoms with E-state index in [1.807, 2.05) is 0 Å². The highest BCUT2D eigenvalue weighted by molar-refractivity contribution is 6.35. The van der Waals surface area contributed by atoms with Crippen molar-refractivity contribution in [2.45, 2.75) is 18.9 Å². The minimum absolute atomic E-state index is 0.0184. The number of carbonyl (C=O) groups is 1. The van der Waals surface area contributed by atoms with E-state index in [-0.39, 0.29) is 18.6 Å². The zero-order chi connectivity index (χ0) is 15.7. The summed E-state index contributed by atoms with van der Waals surface area (Å²) in [4.78, 5) is 14.2. The predicted octanol–water partition coefficient (Wildman–Crippen LogP) is 2.78. The van der Waals surface area contributed by atoms with Gasteiger partial charge >= 0.3 is 0 Å². The molecule has 1 aromatic heterocycles. The van der Waals surface area contributed by atoms with Crippen LogP contribution in [0.15, 0.2) is 30.5 Å². The summed E-state index contributed by atoms with van der Waals surface area (Å²) >= 11 is 12.0. The number of halogens is 2. The fraction of sp³-hybridized carbons (Fsp3) is 0.333. The minimum atomic E-state index is -0.166. The second-order valence-electron chi connectivity index (χ2n) is 5.22. The van der Waals surface area contributed by atoms with Gasteiger partial charge in [0, 0.05) is 17.8 Å². The lowest BCUT2D eigenvalue weighted by Gasteiger charge is -2.21. The van der Waals surface area contributed by atoms with Crippen molar-refractivity contribution >= 4 is 29.1 Å². The average molecular weight is 340 g/mol. The van der Waals surface area contributed by atoms with Crippen molar-refractivity contribution in [2.24, 2.45) is 0 Å². The predicted molar refractivity (Wildman–Crippen MR) is 84.7 cm³/mol. The Labute approximate surface area is 138 Å². The molecule has 2 heterocycles. The lowest BCUT2D eigenvalue weighted by atomic mass is 10.2. The maximum Gasteiger partial charge on any atom is 0.274 e. The van der Waals surface area contributed by atoms with Gasteiger partial charge in [0.05, 0.1) is 23.4 Å². The molecule has 3 rings (SSSR count). The van der Waals surface area contributed by atoms with Crippen LogP contribution in [-0.2, 0) is 0 Å². The molecule has 1 aliphatic rings. The van der Waals surface area contributed by atoms with E-state index in [0.717, 1.165) is 12.8 Å². The largest absolute Gasteiger partial charge is 0.394 e. The van der Waals surface area contributed by atoms with Crippen molar-refractivity contribution in [3.05, 3.63) is 46.2 Å². The molecule has 0 radical (unpaired) electrons. The molecule has 1 saturated heterocycles. The Balaban J connectivity index is 1.86. The summed E-state index contributed by atoms with van der Waals surface area (Å²) in [6.07, 6.45) is 3.42. The van der Waals surface area contributed by atoms with Crippen LogP contribution in [0.3, 0.4) is 0 Å². The van der Waals surface area contributed by atoms with E-state index >= 15 is 0 Å². The lowest BCUT2D eigenvalue weighted by Crippen LogP contribution is -2.37. The maximum absolute atomic E-state index is 12.5. The summed E-state index contributed by atoms with van der Waals surface area (Å²) in [5.41, 5.74) is 0.997. The first-order chi connectivity index (χ1) is 10.6. The van der Waals surface area contributed by atoms with E-state index in [1.54, 1.807) is 40.0 Å². The number of hydrogen-bond donors (Lipinski definition) is 1. The van der Waals surface area contributed by atoms with Crippen molar-refractivity contribution in [1.29, 1.82) is 0 Å². The molecule has 5 nitrogen and oxygen atoms in total. The van der Waals surface area contributed by atoms with E-state index < -0.39 is 0 Å². The molecule has 2 aromatic rings. The van der Waals surface area contributed by atoms with Gasteiger partial charge in [-0.25, -0.2) is 4.68 Å². The topological polar surface area (TPSA) is 58.4 Å². The highest BCUT2D eigenvalue weighted by Gasteiger charge is 2.30. The quantitative estimate of drug-likeness (QED) is 0.935. The van der Waals surface area contributed by atoms with E-state index in [4.69, 9.17) is 23.2 Å². The molecule has 0 spiro atoms. The SMILES string of the molecule is O=C(c1ccn(-c2ccc(Cl)cc2Cl)n1)N1CCC[C@@H]1CO. The Kier molecular flexibility index (Phi) is 4.38. The normalized spacial score (nSPS) is 18.0. The van der Waals surface area contributed by atoms with Gasteiger partial charge in [-0.2, -0.15) is 5.10 Å². The van der Waals surface area contributed by atoms with Crippen LogP contribution in [-0.4, -0.2) is 44.9 Å². The molecule has 116 valence electrons. The summed E-state index contributed by atoms with van der Waals surface area (Å²) < 4.78 is 1.55. The molecule has 0 saturated carbocycles. The van der Waals surface area contributed by atoms with Gasteiger partial charge < -0.3 is 10.0 Å². The van der Waals surface area contributed by atoms with Gasteiger partial charge in [-0.1, -0.05) is 23.2 Å². The molecular weight excluding hydrogens is 325 g/mol. The second kappa shape index (κ2) is 6.28. The second-order valence-corrected chi connectivity index (χ2v) is 6.06. The Morgan fingerprint density at radius 3 is 2.91 bits per heavy atom. The number of amides is 1. The van der Waals surface area contributed by atoms with Crippen molar-refractivity contribution in [3.8, 4) is 5.69 Å². The highest BCUT2D eigenvalue weighted by atomic mass is 35.5. The summed E-state index contributed by atoms with van der Waals surface area (Å²) in [7, 11) is 0. The lowest BCUT2D eigenvalue weighted by molar-refractivity contribution is 0.0671. The van der Waals surface area contributed by atoms with Crippen molar-refractivity contribution < 1.29 is 9.90 Å². The fourth-order valence-corrected chi connectivity index (χ4v) is 3.17. The van der Waals surface area contributed by atoms with Crippen LogP contribution in [0.2, 0.25) is 10.0 Å². The van der Waals surface area contributed by atoms with Gasteiger partial charge in [-0.05, 0) is 37.1 Å². The van der Waals surface area contributed by atoms with Gasteiger partial charge in [0.2, 0.25) is 0 Å². The number of carbonyl (C=O) groups excluding carboxylic acids is 1.